The summed E-state index contributed by atoms with van der Waals surface area (Å²) in [6, 6.07) is 13.9. The minimum atomic E-state index is -0.828. The van der Waals surface area contributed by atoms with E-state index in [4.69, 9.17) is 4.74 Å². The van der Waals surface area contributed by atoms with Gasteiger partial charge < -0.3 is 15.3 Å². The maximum absolute atomic E-state index is 12.2. The highest BCUT2D eigenvalue weighted by Crippen LogP contribution is 2.20. The van der Waals surface area contributed by atoms with Crippen LogP contribution < -0.4 is 10.0 Å². The fourth-order valence-corrected chi connectivity index (χ4v) is 2.46. The summed E-state index contributed by atoms with van der Waals surface area (Å²) in [7, 11) is 0. The number of hydrogen-bond acceptors (Lipinski definition) is 4. The van der Waals surface area contributed by atoms with Gasteiger partial charge in [0.2, 0.25) is 0 Å². The molecule has 25 heavy (non-hydrogen) atoms. The summed E-state index contributed by atoms with van der Waals surface area (Å²) in [5.74, 6) is -0.848. The lowest BCUT2D eigenvalue weighted by atomic mass is 9.97. The van der Waals surface area contributed by atoms with Gasteiger partial charge >= 0.3 is 11.7 Å². The van der Waals surface area contributed by atoms with Crippen LogP contribution in [0.25, 0.3) is 0 Å². The number of benzene rings is 1. The van der Waals surface area contributed by atoms with Crippen molar-refractivity contribution < 1.29 is 19.1 Å². The maximum Gasteiger partial charge on any atom is 0.405 e. The molecule has 1 aromatic heterocycles. The fourth-order valence-electron chi connectivity index (χ4n) is 2.46. The SMILES string of the molecule is CC(C)C[C@H](NC(=O)COC(=O)c1cccc[n+]1[O-])c1ccccc1. The van der Waals surface area contributed by atoms with E-state index in [1.807, 2.05) is 30.3 Å². The average molecular weight is 342 g/mol. The van der Waals surface area contributed by atoms with Gasteiger partial charge in [0.25, 0.3) is 5.91 Å². The molecule has 0 saturated carbocycles. The van der Waals surface area contributed by atoms with Crippen molar-refractivity contribution in [2.75, 3.05) is 6.61 Å². The molecule has 0 aliphatic rings. The molecule has 2 rings (SSSR count). The summed E-state index contributed by atoms with van der Waals surface area (Å²) in [5, 5.41) is 14.4. The van der Waals surface area contributed by atoms with Gasteiger partial charge in [0.05, 0.1) is 6.04 Å². The zero-order valence-corrected chi connectivity index (χ0v) is 14.3. The van der Waals surface area contributed by atoms with Crippen LogP contribution in [0.1, 0.15) is 42.4 Å². The Labute approximate surface area is 147 Å². The molecule has 1 atom stereocenters. The summed E-state index contributed by atoms with van der Waals surface area (Å²) in [6.45, 7) is 3.71. The third-order valence-corrected chi connectivity index (χ3v) is 3.61. The lowest BCUT2D eigenvalue weighted by molar-refractivity contribution is -0.608. The summed E-state index contributed by atoms with van der Waals surface area (Å²) in [5.41, 5.74) is 0.841. The fraction of sp³-hybridized carbons (Fsp3) is 0.316. The molecule has 0 bridgehead atoms. The van der Waals surface area contributed by atoms with Crippen LogP contribution in [0.3, 0.4) is 0 Å². The van der Waals surface area contributed by atoms with Crippen molar-refractivity contribution in [3.05, 3.63) is 71.2 Å². The summed E-state index contributed by atoms with van der Waals surface area (Å²) in [6.07, 6.45) is 1.97. The molecular formula is C19H22N2O4. The Morgan fingerprint density at radius 2 is 1.80 bits per heavy atom. The highest BCUT2D eigenvalue weighted by atomic mass is 16.5. The van der Waals surface area contributed by atoms with Crippen molar-refractivity contribution in [1.29, 1.82) is 0 Å². The largest absolute Gasteiger partial charge is 0.618 e. The molecule has 2 aromatic rings. The topological polar surface area (TPSA) is 82.3 Å². The number of carbonyl (C=O) groups is 2. The molecule has 0 saturated heterocycles. The second kappa shape index (κ2) is 8.82. The first-order valence-corrected chi connectivity index (χ1v) is 8.17. The number of rotatable bonds is 7. The molecule has 0 unspecified atom stereocenters. The van der Waals surface area contributed by atoms with E-state index in [0.717, 1.165) is 12.0 Å². The van der Waals surface area contributed by atoms with E-state index >= 15 is 0 Å². The van der Waals surface area contributed by atoms with Crippen molar-refractivity contribution in [3.8, 4) is 0 Å². The quantitative estimate of drug-likeness (QED) is 0.476. The van der Waals surface area contributed by atoms with Crippen LogP contribution >= 0.6 is 0 Å². The number of nitrogens with one attached hydrogen (secondary N) is 1. The van der Waals surface area contributed by atoms with Crippen molar-refractivity contribution in [2.24, 2.45) is 5.92 Å². The van der Waals surface area contributed by atoms with Gasteiger partial charge in [-0.3, -0.25) is 4.79 Å². The predicted octanol–water partition coefficient (Wildman–Crippen LogP) is 2.38. The second-order valence-electron chi connectivity index (χ2n) is 6.15. The van der Waals surface area contributed by atoms with Crippen molar-refractivity contribution in [3.63, 3.8) is 0 Å². The van der Waals surface area contributed by atoms with E-state index in [1.165, 1.54) is 18.3 Å². The Hall–Kier alpha value is -2.89. The Morgan fingerprint density at radius 1 is 1.12 bits per heavy atom. The first-order chi connectivity index (χ1) is 12.0. The van der Waals surface area contributed by atoms with Crippen LogP contribution in [0.2, 0.25) is 0 Å². The number of esters is 1. The normalized spacial score (nSPS) is 11.8. The smallest absolute Gasteiger partial charge is 0.405 e. The van der Waals surface area contributed by atoms with E-state index in [-0.39, 0.29) is 11.7 Å². The highest BCUT2D eigenvalue weighted by Gasteiger charge is 2.20. The molecule has 1 N–H and O–H groups in total. The zero-order valence-electron chi connectivity index (χ0n) is 14.3. The minimum Gasteiger partial charge on any atom is -0.618 e. The van der Waals surface area contributed by atoms with Crippen molar-refractivity contribution >= 4 is 11.9 Å². The third kappa shape index (κ3) is 5.60. The Kier molecular flexibility index (Phi) is 6.51. The summed E-state index contributed by atoms with van der Waals surface area (Å²) >= 11 is 0. The molecule has 6 heteroatoms. The average Bonchev–Trinajstić information content (AvgIpc) is 2.60. The molecule has 0 radical (unpaired) electrons. The van der Waals surface area contributed by atoms with Gasteiger partial charge in [0.15, 0.2) is 12.8 Å². The predicted molar refractivity (Wildman–Crippen MR) is 92.5 cm³/mol. The first kappa shape index (κ1) is 18.4. The van der Waals surface area contributed by atoms with Crippen LogP contribution in [-0.4, -0.2) is 18.5 Å². The van der Waals surface area contributed by atoms with E-state index in [0.29, 0.717) is 10.6 Å². The number of aromatic nitrogens is 1. The summed E-state index contributed by atoms with van der Waals surface area (Å²) < 4.78 is 5.35. The molecule has 132 valence electrons. The Morgan fingerprint density at radius 3 is 2.44 bits per heavy atom. The van der Waals surface area contributed by atoms with Gasteiger partial charge in [0, 0.05) is 12.1 Å². The number of amides is 1. The highest BCUT2D eigenvalue weighted by molar-refractivity contribution is 5.88. The minimum absolute atomic E-state index is 0.155. The molecule has 0 aliphatic heterocycles. The van der Waals surface area contributed by atoms with Gasteiger partial charge in [-0.15, -0.1) is 0 Å². The van der Waals surface area contributed by atoms with Crippen LogP contribution in [0, 0.1) is 11.1 Å². The molecular weight excluding hydrogens is 320 g/mol. The van der Waals surface area contributed by atoms with Crippen LogP contribution in [0.5, 0.6) is 0 Å². The van der Waals surface area contributed by atoms with Gasteiger partial charge in [0.1, 0.15) is 0 Å². The number of pyridine rings is 1. The molecule has 1 amide bonds. The number of hydrogen-bond donors (Lipinski definition) is 1. The first-order valence-electron chi connectivity index (χ1n) is 8.17. The van der Waals surface area contributed by atoms with Gasteiger partial charge in [-0.2, -0.15) is 4.73 Å². The standard InChI is InChI=1S/C19H22N2O4/c1-14(2)12-16(15-8-4-3-5-9-15)20-18(22)13-25-19(23)17-10-6-7-11-21(17)24/h3-11,14,16H,12-13H2,1-2H3,(H,20,22)/t16-/m0/s1. The van der Waals surface area contributed by atoms with Crippen molar-refractivity contribution in [2.45, 2.75) is 26.3 Å². The molecule has 0 aliphatic carbocycles. The Balaban J connectivity index is 1.95. The van der Waals surface area contributed by atoms with Crippen LogP contribution in [0.15, 0.2) is 54.7 Å². The molecule has 0 fully saturated rings. The summed E-state index contributed by atoms with van der Waals surface area (Å²) in [4.78, 5) is 24.0. The Bertz CT molecular complexity index is 716. The number of nitrogens with zero attached hydrogens (tertiary/aromatic N) is 1. The third-order valence-electron chi connectivity index (χ3n) is 3.61. The lowest BCUT2D eigenvalue weighted by Gasteiger charge is -2.21. The number of ether oxygens (including phenoxy) is 1. The molecule has 1 aromatic carbocycles. The van der Waals surface area contributed by atoms with E-state index in [1.54, 1.807) is 6.07 Å². The molecule has 6 nitrogen and oxygen atoms in total. The maximum atomic E-state index is 12.2. The van der Waals surface area contributed by atoms with E-state index < -0.39 is 18.5 Å². The van der Waals surface area contributed by atoms with E-state index in [2.05, 4.69) is 19.2 Å². The van der Waals surface area contributed by atoms with E-state index in [9.17, 15) is 14.8 Å². The van der Waals surface area contributed by atoms with Crippen LogP contribution in [0.4, 0.5) is 0 Å². The molecule has 1 heterocycles. The zero-order chi connectivity index (χ0) is 18.2. The lowest BCUT2D eigenvalue weighted by Crippen LogP contribution is -2.37. The van der Waals surface area contributed by atoms with Gasteiger partial charge in [-0.25, -0.2) is 4.79 Å². The molecule has 0 spiro atoms. The second-order valence-corrected chi connectivity index (χ2v) is 6.15. The van der Waals surface area contributed by atoms with Crippen LogP contribution in [-0.2, 0) is 9.53 Å². The van der Waals surface area contributed by atoms with Crippen molar-refractivity contribution in [1.82, 2.24) is 5.32 Å². The number of carbonyl (C=O) groups excluding carboxylic acids is 2. The van der Waals surface area contributed by atoms with Gasteiger partial charge in [-0.05, 0) is 24.0 Å². The van der Waals surface area contributed by atoms with Gasteiger partial charge in [-0.1, -0.05) is 44.2 Å². The monoisotopic (exact) mass is 342 g/mol.